The second kappa shape index (κ2) is 7.88. The van der Waals surface area contributed by atoms with Crippen LogP contribution in [-0.4, -0.2) is 17.5 Å². The lowest BCUT2D eigenvalue weighted by Gasteiger charge is -2.37. The molecule has 4 heteroatoms. The van der Waals surface area contributed by atoms with Gasteiger partial charge in [0.25, 0.3) is 0 Å². The van der Waals surface area contributed by atoms with Crippen LogP contribution in [0.5, 0.6) is 0 Å². The molecule has 0 aliphatic carbocycles. The summed E-state index contributed by atoms with van der Waals surface area (Å²) in [5.74, 6) is 0. The predicted molar refractivity (Wildman–Crippen MR) is 100 cm³/mol. The van der Waals surface area contributed by atoms with Crippen molar-refractivity contribution in [2.24, 2.45) is 0 Å². The highest BCUT2D eigenvalue weighted by Crippen LogP contribution is 2.35. The van der Waals surface area contributed by atoms with Crippen molar-refractivity contribution >= 4 is 6.09 Å². The Hall–Kier alpha value is -3.06. The number of aryl methyl sites for hydroxylation is 1. The molecule has 0 saturated carbocycles. The van der Waals surface area contributed by atoms with Crippen molar-refractivity contribution in [1.29, 1.82) is 5.26 Å². The lowest BCUT2D eigenvalue weighted by atomic mass is 9.89. The van der Waals surface area contributed by atoms with Gasteiger partial charge in [0.1, 0.15) is 6.61 Å². The minimum atomic E-state index is -0.310. The summed E-state index contributed by atoms with van der Waals surface area (Å²) in [7, 11) is 0. The number of amides is 1. The number of hydrogen-bond acceptors (Lipinski definition) is 3. The summed E-state index contributed by atoms with van der Waals surface area (Å²) in [6.07, 6.45) is 1.19. The van der Waals surface area contributed by atoms with Crippen molar-refractivity contribution in [1.82, 2.24) is 4.90 Å². The van der Waals surface area contributed by atoms with E-state index in [9.17, 15) is 4.79 Å². The molecule has 2 aromatic carbocycles. The van der Waals surface area contributed by atoms with Crippen molar-refractivity contribution in [2.75, 3.05) is 6.54 Å². The summed E-state index contributed by atoms with van der Waals surface area (Å²) >= 11 is 0. The first-order valence-corrected chi connectivity index (χ1v) is 8.73. The van der Waals surface area contributed by atoms with Gasteiger partial charge in [0.2, 0.25) is 0 Å². The Balaban J connectivity index is 1.79. The molecule has 1 heterocycles. The second-order valence-corrected chi connectivity index (χ2v) is 6.64. The fraction of sp³-hybridized carbons (Fsp3) is 0.273. The largest absolute Gasteiger partial charge is 0.445 e. The lowest BCUT2D eigenvalue weighted by molar-refractivity contribution is 0.0746. The molecule has 1 aliphatic heterocycles. The first-order valence-electron chi connectivity index (χ1n) is 8.73. The van der Waals surface area contributed by atoms with Gasteiger partial charge in [-0.05, 0) is 48.6 Å². The maximum atomic E-state index is 12.7. The van der Waals surface area contributed by atoms with E-state index in [2.05, 4.69) is 12.6 Å². The van der Waals surface area contributed by atoms with Crippen LogP contribution in [0.25, 0.3) is 0 Å². The molecule has 26 heavy (non-hydrogen) atoms. The third-order valence-electron chi connectivity index (χ3n) is 4.76. The van der Waals surface area contributed by atoms with Gasteiger partial charge in [-0.3, -0.25) is 0 Å². The van der Waals surface area contributed by atoms with Gasteiger partial charge in [-0.1, -0.05) is 48.6 Å². The van der Waals surface area contributed by atoms with Crippen molar-refractivity contribution < 1.29 is 9.53 Å². The predicted octanol–water partition coefficient (Wildman–Crippen LogP) is 4.90. The van der Waals surface area contributed by atoms with Crippen LogP contribution in [0.2, 0.25) is 0 Å². The number of benzene rings is 2. The quantitative estimate of drug-likeness (QED) is 0.743. The van der Waals surface area contributed by atoms with Gasteiger partial charge in [0, 0.05) is 6.54 Å². The number of carbonyl (C=O) groups excluding carboxylic acids is 1. The molecule has 0 radical (unpaired) electrons. The zero-order valence-electron chi connectivity index (χ0n) is 14.9. The maximum absolute atomic E-state index is 12.7. The maximum Gasteiger partial charge on any atom is 0.410 e. The number of likely N-dealkylation sites (tertiary alicyclic amines) is 1. The molecule has 1 atom stereocenters. The molecule has 132 valence electrons. The molecule has 1 saturated heterocycles. The second-order valence-electron chi connectivity index (χ2n) is 6.64. The Bertz CT molecular complexity index is 852. The number of piperidine rings is 1. The topological polar surface area (TPSA) is 53.3 Å². The molecule has 1 aliphatic rings. The number of ether oxygens (including phenoxy) is 1. The summed E-state index contributed by atoms with van der Waals surface area (Å²) in [6, 6.07) is 17.3. The van der Waals surface area contributed by atoms with E-state index in [4.69, 9.17) is 10.00 Å². The van der Waals surface area contributed by atoms with Crippen LogP contribution >= 0.6 is 0 Å². The summed E-state index contributed by atoms with van der Waals surface area (Å²) in [5.41, 5.74) is 4.77. The van der Waals surface area contributed by atoms with Crippen LogP contribution < -0.4 is 0 Å². The number of nitriles is 1. The Labute approximate surface area is 154 Å². The summed E-state index contributed by atoms with van der Waals surface area (Å²) < 4.78 is 5.54. The zero-order chi connectivity index (χ0) is 18.5. The highest BCUT2D eigenvalue weighted by Gasteiger charge is 2.31. The van der Waals surface area contributed by atoms with E-state index >= 15 is 0 Å². The summed E-state index contributed by atoms with van der Waals surface area (Å²) in [4.78, 5) is 14.5. The zero-order valence-corrected chi connectivity index (χ0v) is 14.9. The lowest BCUT2D eigenvalue weighted by Crippen LogP contribution is -2.39. The number of nitrogens with zero attached hydrogens (tertiary/aromatic N) is 2. The van der Waals surface area contributed by atoms with Crippen molar-refractivity contribution in [3.05, 3.63) is 82.9 Å². The summed E-state index contributed by atoms with van der Waals surface area (Å²) in [6.45, 7) is 6.94. The average molecular weight is 346 g/mol. The SMILES string of the molecule is C=C1CCN(C(=O)OCc2ccccc2)C(c2ccc(C#N)cc2C)C1. The van der Waals surface area contributed by atoms with Gasteiger partial charge in [0.05, 0.1) is 17.7 Å². The van der Waals surface area contributed by atoms with Gasteiger partial charge in [0.15, 0.2) is 0 Å². The van der Waals surface area contributed by atoms with E-state index in [0.717, 1.165) is 28.7 Å². The molecule has 0 spiro atoms. The van der Waals surface area contributed by atoms with Crippen LogP contribution in [0.1, 0.15) is 41.1 Å². The van der Waals surface area contributed by atoms with Gasteiger partial charge in [-0.2, -0.15) is 5.26 Å². The fourth-order valence-electron chi connectivity index (χ4n) is 3.34. The number of rotatable bonds is 3. The molecule has 1 fully saturated rings. The van der Waals surface area contributed by atoms with E-state index in [1.54, 1.807) is 11.0 Å². The molecule has 1 unspecified atom stereocenters. The molecule has 1 amide bonds. The number of hydrogen-bond donors (Lipinski definition) is 0. The summed E-state index contributed by atoms with van der Waals surface area (Å²) in [5, 5.41) is 9.08. The minimum absolute atomic E-state index is 0.104. The Morgan fingerprint density at radius 3 is 2.77 bits per heavy atom. The molecular formula is C22H22N2O2. The third-order valence-corrected chi connectivity index (χ3v) is 4.76. The average Bonchev–Trinajstić information content (AvgIpc) is 2.66. The Morgan fingerprint density at radius 2 is 2.08 bits per heavy atom. The third kappa shape index (κ3) is 3.94. The van der Waals surface area contributed by atoms with Gasteiger partial charge in [-0.25, -0.2) is 4.79 Å². The van der Waals surface area contributed by atoms with Crippen LogP contribution in [0, 0.1) is 18.3 Å². The number of carbonyl (C=O) groups is 1. The molecule has 4 nitrogen and oxygen atoms in total. The van der Waals surface area contributed by atoms with E-state index < -0.39 is 0 Å². The molecule has 0 aromatic heterocycles. The monoisotopic (exact) mass is 346 g/mol. The molecule has 0 bridgehead atoms. The van der Waals surface area contributed by atoms with Crippen LogP contribution in [0.3, 0.4) is 0 Å². The van der Waals surface area contributed by atoms with E-state index in [-0.39, 0.29) is 18.7 Å². The van der Waals surface area contributed by atoms with Crippen molar-refractivity contribution in [3.63, 3.8) is 0 Å². The molecule has 2 aromatic rings. The van der Waals surface area contributed by atoms with Crippen molar-refractivity contribution in [3.8, 4) is 6.07 Å². The van der Waals surface area contributed by atoms with Gasteiger partial charge in [-0.15, -0.1) is 0 Å². The van der Waals surface area contributed by atoms with E-state index in [1.807, 2.05) is 49.4 Å². The standard InChI is InChI=1S/C22H22N2O2/c1-16-10-11-24(22(25)26-15-18-6-4-3-5-7-18)21(12-16)20-9-8-19(14-23)13-17(20)2/h3-9,13,21H,1,10-12,15H2,2H3. The molecule has 0 N–H and O–H groups in total. The van der Waals surface area contributed by atoms with Crippen LogP contribution in [-0.2, 0) is 11.3 Å². The molecular weight excluding hydrogens is 324 g/mol. The van der Waals surface area contributed by atoms with E-state index in [0.29, 0.717) is 18.5 Å². The first kappa shape index (κ1) is 17.8. The van der Waals surface area contributed by atoms with Crippen LogP contribution in [0.15, 0.2) is 60.7 Å². The van der Waals surface area contributed by atoms with E-state index in [1.165, 1.54) is 0 Å². The Kier molecular flexibility index (Phi) is 5.38. The van der Waals surface area contributed by atoms with Crippen molar-refractivity contribution in [2.45, 2.75) is 32.4 Å². The highest BCUT2D eigenvalue weighted by atomic mass is 16.6. The normalized spacial score (nSPS) is 16.8. The smallest absolute Gasteiger partial charge is 0.410 e. The minimum Gasteiger partial charge on any atom is -0.445 e. The van der Waals surface area contributed by atoms with Gasteiger partial charge >= 0.3 is 6.09 Å². The highest BCUT2D eigenvalue weighted by molar-refractivity contribution is 5.69. The molecule has 3 rings (SSSR count). The Morgan fingerprint density at radius 1 is 1.31 bits per heavy atom. The van der Waals surface area contributed by atoms with Gasteiger partial charge < -0.3 is 9.64 Å². The fourth-order valence-corrected chi connectivity index (χ4v) is 3.34. The first-order chi connectivity index (χ1) is 12.6. The van der Waals surface area contributed by atoms with Crippen LogP contribution in [0.4, 0.5) is 4.79 Å².